The van der Waals surface area contributed by atoms with Crippen molar-refractivity contribution in [2.24, 2.45) is 0 Å². The third-order valence-electron chi connectivity index (χ3n) is 2.85. The minimum absolute atomic E-state index is 0.108. The molecule has 0 saturated heterocycles. The third-order valence-corrected chi connectivity index (χ3v) is 2.85. The molecule has 0 fully saturated rings. The van der Waals surface area contributed by atoms with Gasteiger partial charge in [0.15, 0.2) is 5.69 Å². The number of aldehydes is 1. The van der Waals surface area contributed by atoms with Crippen LogP contribution in [0.3, 0.4) is 0 Å². The smallest absolute Gasteiger partial charge is 0.356 e. The van der Waals surface area contributed by atoms with Gasteiger partial charge in [0.25, 0.3) is 0 Å². The summed E-state index contributed by atoms with van der Waals surface area (Å²) in [6.45, 7) is 0.310. The molecule has 2 rings (SSSR count). The summed E-state index contributed by atoms with van der Waals surface area (Å²) >= 11 is 0. The molecule has 0 spiro atoms. The third kappa shape index (κ3) is 3.89. The number of nitrogens with zero attached hydrogens (tertiary/aromatic N) is 1. The van der Waals surface area contributed by atoms with Crippen molar-refractivity contribution < 1.29 is 19.1 Å². The number of hydrogen-bond donors (Lipinski definition) is 0. The average molecular weight is 285 g/mol. The molecule has 21 heavy (non-hydrogen) atoms. The van der Waals surface area contributed by atoms with E-state index in [-0.39, 0.29) is 12.1 Å². The summed E-state index contributed by atoms with van der Waals surface area (Å²) in [6.07, 6.45) is 2.38. The second kappa shape index (κ2) is 7.19. The highest BCUT2D eigenvalue weighted by Gasteiger charge is 2.14. The van der Waals surface area contributed by atoms with Crippen LogP contribution in [-0.2, 0) is 22.6 Å². The van der Waals surface area contributed by atoms with Crippen molar-refractivity contribution in [2.45, 2.75) is 13.0 Å². The molecule has 0 saturated carbocycles. The van der Waals surface area contributed by atoms with Crippen LogP contribution in [0.1, 0.15) is 21.6 Å². The van der Waals surface area contributed by atoms with Crippen LogP contribution in [0.2, 0.25) is 0 Å². The van der Waals surface area contributed by atoms with Gasteiger partial charge in [-0.15, -0.1) is 0 Å². The van der Waals surface area contributed by atoms with Crippen LogP contribution in [0.15, 0.2) is 42.6 Å². The SMILES string of the molecule is COC(=O)c1ncc(COc2ccccc2)cc1CC=O. The van der Waals surface area contributed by atoms with Crippen LogP contribution in [0.25, 0.3) is 0 Å². The standard InChI is InChI=1S/C16H15NO4/c1-20-16(19)15-13(7-8-18)9-12(10-17-15)11-21-14-5-3-2-4-6-14/h2-6,8-10H,7,11H2,1H3. The van der Waals surface area contributed by atoms with E-state index in [1.54, 1.807) is 12.3 Å². The molecule has 1 aromatic heterocycles. The van der Waals surface area contributed by atoms with Crippen molar-refractivity contribution in [3.05, 3.63) is 59.4 Å². The molecule has 0 aliphatic rings. The summed E-state index contributed by atoms with van der Waals surface area (Å²) in [7, 11) is 1.28. The Morgan fingerprint density at radius 3 is 2.71 bits per heavy atom. The molecule has 0 N–H and O–H groups in total. The molecule has 108 valence electrons. The Morgan fingerprint density at radius 1 is 1.29 bits per heavy atom. The van der Waals surface area contributed by atoms with Crippen molar-refractivity contribution in [3.63, 3.8) is 0 Å². The molecule has 0 radical (unpaired) electrons. The van der Waals surface area contributed by atoms with Gasteiger partial charge in [0.2, 0.25) is 0 Å². The topological polar surface area (TPSA) is 65.5 Å². The maximum absolute atomic E-state index is 11.6. The van der Waals surface area contributed by atoms with Crippen molar-refractivity contribution in [2.75, 3.05) is 7.11 Å². The summed E-state index contributed by atoms with van der Waals surface area (Å²) in [5, 5.41) is 0. The van der Waals surface area contributed by atoms with Crippen LogP contribution in [0, 0.1) is 0 Å². The number of carbonyl (C=O) groups is 2. The Bertz CT molecular complexity index is 625. The Balaban J connectivity index is 2.15. The van der Waals surface area contributed by atoms with Crippen molar-refractivity contribution in [3.8, 4) is 5.75 Å². The summed E-state index contributed by atoms with van der Waals surface area (Å²) in [5.74, 6) is 0.189. The fraction of sp³-hybridized carbons (Fsp3) is 0.188. The molecule has 0 aliphatic carbocycles. The molecule has 0 amide bonds. The fourth-order valence-electron chi connectivity index (χ4n) is 1.85. The van der Waals surface area contributed by atoms with Gasteiger partial charge in [0.1, 0.15) is 18.6 Å². The van der Waals surface area contributed by atoms with E-state index in [1.807, 2.05) is 30.3 Å². The van der Waals surface area contributed by atoms with Gasteiger partial charge in [-0.1, -0.05) is 18.2 Å². The van der Waals surface area contributed by atoms with E-state index in [0.717, 1.165) is 17.6 Å². The maximum atomic E-state index is 11.6. The first-order valence-electron chi connectivity index (χ1n) is 6.42. The minimum atomic E-state index is -0.553. The number of hydrogen-bond acceptors (Lipinski definition) is 5. The number of benzene rings is 1. The zero-order valence-corrected chi connectivity index (χ0v) is 11.6. The van der Waals surface area contributed by atoms with E-state index in [2.05, 4.69) is 9.72 Å². The monoisotopic (exact) mass is 285 g/mol. The predicted octanol–water partition coefficient (Wildman–Crippen LogP) is 2.19. The van der Waals surface area contributed by atoms with Gasteiger partial charge in [-0.05, 0) is 23.8 Å². The molecule has 0 bridgehead atoms. The number of carbonyl (C=O) groups excluding carboxylic acids is 2. The van der Waals surface area contributed by atoms with Gasteiger partial charge in [-0.25, -0.2) is 9.78 Å². The zero-order chi connectivity index (χ0) is 15.1. The number of esters is 1. The molecule has 2 aromatic rings. The minimum Gasteiger partial charge on any atom is -0.489 e. The average Bonchev–Trinajstić information content (AvgIpc) is 2.54. The molecule has 0 atom stereocenters. The second-order valence-electron chi connectivity index (χ2n) is 4.32. The Labute approximate surface area is 122 Å². The first kappa shape index (κ1) is 14.7. The van der Waals surface area contributed by atoms with Crippen LogP contribution in [0.5, 0.6) is 5.75 Å². The molecular weight excluding hydrogens is 270 g/mol. The van der Waals surface area contributed by atoms with Crippen molar-refractivity contribution in [1.82, 2.24) is 4.98 Å². The van der Waals surface area contributed by atoms with E-state index in [1.165, 1.54) is 7.11 Å². The highest BCUT2D eigenvalue weighted by molar-refractivity contribution is 5.89. The summed E-state index contributed by atoms with van der Waals surface area (Å²) in [4.78, 5) is 26.4. The van der Waals surface area contributed by atoms with E-state index in [9.17, 15) is 9.59 Å². The quantitative estimate of drug-likeness (QED) is 0.601. The number of methoxy groups -OCH3 is 1. The molecule has 1 aromatic carbocycles. The molecule has 0 aliphatic heterocycles. The summed E-state index contributed by atoms with van der Waals surface area (Å²) in [5.41, 5.74) is 1.47. The molecule has 0 unspecified atom stereocenters. The van der Waals surface area contributed by atoms with Gasteiger partial charge in [-0.3, -0.25) is 0 Å². The van der Waals surface area contributed by atoms with Gasteiger partial charge in [-0.2, -0.15) is 0 Å². The summed E-state index contributed by atoms with van der Waals surface area (Å²) < 4.78 is 10.3. The lowest BCUT2D eigenvalue weighted by molar-refractivity contribution is -0.107. The second-order valence-corrected chi connectivity index (χ2v) is 4.32. The zero-order valence-electron chi connectivity index (χ0n) is 11.6. The molecule has 5 heteroatoms. The number of para-hydroxylation sites is 1. The van der Waals surface area contributed by atoms with Crippen molar-refractivity contribution >= 4 is 12.3 Å². The Kier molecular flexibility index (Phi) is 5.04. The molecule has 1 heterocycles. The molecular formula is C16H15NO4. The Hall–Kier alpha value is -2.69. The predicted molar refractivity (Wildman–Crippen MR) is 76.1 cm³/mol. The fourth-order valence-corrected chi connectivity index (χ4v) is 1.85. The normalized spacial score (nSPS) is 9.95. The van der Waals surface area contributed by atoms with Crippen LogP contribution >= 0.6 is 0 Å². The van der Waals surface area contributed by atoms with Crippen molar-refractivity contribution in [1.29, 1.82) is 0 Å². The number of aromatic nitrogens is 1. The van der Waals surface area contributed by atoms with Crippen LogP contribution < -0.4 is 4.74 Å². The number of ether oxygens (including phenoxy) is 2. The first-order chi connectivity index (χ1) is 10.2. The summed E-state index contributed by atoms with van der Waals surface area (Å²) in [6, 6.07) is 11.1. The largest absolute Gasteiger partial charge is 0.489 e. The van der Waals surface area contributed by atoms with Gasteiger partial charge in [0.05, 0.1) is 7.11 Å². The van der Waals surface area contributed by atoms with Crippen LogP contribution in [0.4, 0.5) is 0 Å². The van der Waals surface area contributed by atoms with E-state index >= 15 is 0 Å². The van der Waals surface area contributed by atoms with Gasteiger partial charge >= 0.3 is 5.97 Å². The first-order valence-corrected chi connectivity index (χ1v) is 6.42. The van der Waals surface area contributed by atoms with E-state index in [4.69, 9.17) is 4.74 Å². The maximum Gasteiger partial charge on any atom is 0.356 e. The van der Waals surface area contributed by atoms with E-state index in [0.29, 0.717) is 12.2 Å². The van der Waals surface area contributed by atoms with E-state index < -0.39 is 5.97 Å². The lowest BCUT2D eigenvalue weighted by atomic mass is 10.1. The molecule has 5 nitrogen and oxygen atoms in total. The van der Waals surface area contributed by atoms with Crippen LogP contribution in [-0.4, -0.2) is 24.3 Å². The highest BCUT2D eigenvalue weighted by Crippen LogP contribution is 2.14. The Morgan fingerprint density at radius 2 is 2.05 bits per heavy atom. The van der Waals surface area contributed by atoms with Gasteiger partial charge < -0.3 is 14.3 Å². The lowest BCUT2D eigenvalue weighted by Gasteiger charge is -2.09. The number of pyridine rings is 1. The van der Waals surface area contributed by atoms with Gasteiger partial charge in [0, 0.05) is 18.2 Å². The number of rotatable bonds is 6. The lowest BCUT2D eigenvalue weighted by Crippen LogP contribution is -2.10. The highest BCUT2D eigenvalue weighted by atomic mass is 16.5.